The summed E-state index contributed by atoms with van der Waals surface area (Å²) in [4.78, 5) is 23.6. The zero-order chi connectivity index (χ0) is 16.2. The van der Waals surface area contributed by atoms with Crippen LogP contribution in [0.25, 0.3) is 11.0 Å². The minimum absolute atomic E-state index is 0.00138. The number of benzene rings is 2. The van der Waals surface area contributed by atoms with Gasteiger partial charge >= 0.3 is 5.97 Å². The first-order valence-electron chi connectivity index (χ1n) is 6.73. The third-order valence-corrected chi connectivity index (χ3v) is 3.30. The van der Waals surface area contributed by atoms with Gasteiger partial charge in [0.1, 0.15) is 28.4 Å². The van der Waals surface area contributed by atoms with Crippen molar-refractivity contribution in [3.8, 4) is 11.5 Å². The standard InChI is InChI=1S/C17H11ClO5/c18-14-9-22-15-8-12(6-7-13(15)17(14)20)23-16(19)10-21-11-4-2-1-3-5-11/h1-9H,10H2. The summed E-state index contributed by atoms with van der Waals surface area (Å²) >= 11 is 5.70. The lowest BCUT2D eigenvalue weighted by molar-refractivity contribution is -0.136. The van der Waals surface area contributed by atoms with Crippen molar-refractivity contribution in [1.82, 2.24) is 0 Å². The number of carbonyl (C=O) groups is 1. The van der Waals surface area contributed by atoms with E-state index in [1.807, 2.05) is 6.07 Å². The average molecular weight is 331 g/mol. The molecule has 0 bridgehead atoms. The van der Waals surface area contributed by atoms with Crippen molar-refractivity contribution in [2.45, 2.75) is 0 Å². The van der Waals surface area contributed by atoms with Gasteiger partial charge in [0.05, 0.1) is 5.39 Å². The third kappa shape index (κ3) is 3.52. The van der Waals surface area contributed by atoms with E-state index in [9.17, 15) is 9.59 Å². The van der Waals surface area contributed by atoms with Gasteiger partial charge in [0.25, 0.3) is 0 Å². The number of carbonyl (C=O) groups excluding carboxylic acids is 1. The van der Waals surface area contributed by atoms with Crippen molar-refractivity contribution in [3.05, 3.63) is 70.0 Å². The van der Waals surface area contributed by atoms with Gasteiger partial charge in [-0.15, -0.1) is 0 Å². The number of rotatable bonds is 4. The van der Waals surface area contributed by atoms with E-state index in [1.165, 1.54) is 18.2 Å². The Morgan fingerprint density at radius 1 is 1.09 bits per heavy atom. The van der Waals surface area contributed by atoms with Crippen LogP contribution in [0.3, 0.4) is 0 Å². The number of halogens is 1. The highest BCUT2D eigenvalue weighted by molar-refractivity contribution is 6.30. The van der Waals surface area contributed by atoms with E-state index in [0.717, 1.165) is 6.26 Å². The van der Waals surface area contributed by atoms with Gasteiger partial charge in [0.2, 0.25) is 5.43 Å². The lowest BCUT2D eigenvalue weighted by Gasteiger charge is -2.07. The van der Waals surface area contributed by atoms with E-state index in [0.29, 0.717) is 11.1 Å². The SMILES string of the molecule is O=C(COc1ccccc1)Oc1ccc2c(=O)c(Cl)coc2c1. The summed E-state index contributed by atoms with van der Waals surface area (Å²) in [5.41, 5.74) is -0.0492. The second kappa shape index (κ2) is 6.54. The highest BCUT2D eigenvalue weighted by Gasteiger charge is 2.10. The summed E-state index contributed by atoms with van der Waals surface area (Å²) < 4.78 is 15.7. The lowest BCUT2D eigenvalue weighted by atomic mass is 10.2. The van der Waals surface area contributed by atoms with E-state index in [-0.39, 0.29) is 28.4 Å². The molecule has 0 unspecified atom stereocenters. The van der Waals surface area contributed by atoms with Crippen LogP contribution in [0.1, 0.15) is 0 Å². The quantitative estimate of drug-likeness (QED) is 0.541. The van der Waals surface area contributed by atoms with Crippen molar-refractivity contribution in [2.75, 3.05) is 6.61 Å². The molecule has 1 heterocycles. The number of para-hydroxylation sites is 1. The molecule has 0 aliphatic rings. The molecule has 0 amide bonds. The number of ether oxygens (including phenoxy) is 2. The topological polar surface area (TPSA) is 65.7 Å². The Bertz CT molecular complexity index is 902. The van der Waals surface area contributed by atoms with Crippen LogP contribution < -0.4 is 14.9 Å². The molecule has 2 aromatic carbocycles. The molecule has 5 nitrogen and oxygen atoms in total. The third-order valence-electron chi connectivity index (χ3n) is 3.04. The lowest BCUT2D eigenvalue weighted by Crippen LogP contribution is -2.17. The van der Waals surface area contributed by atoms with Crippen molar-refractivity contribution >= 4 is 28.5 Å². The molecule has 0 aliphatic heterocycles. The molecule has 116 valence electrons. The van der Waals surface area contributed by atoms with E-state index < -0.39 is 5.97 Å². The van der Waals surface area contributed by atoms with Crippen LogP contribution in [0.2, 0.25) is 5.02 Å². The van der Waals surface area contributed by atoms with Crippen molar-refractivity contribution in [3.63, 3.8) is 0 Å². The second-order valence-corrected chi connectivity index (χ2v) is 5.05. The van der Waals surface area contributed by atoms with Crippen LogP contribution in [0.15, 0.2) is 64.0 Å². The van der Waals surface area contributed by atoms with Crippen molar-refractivity contribution < 1.29 is 18.7 Å². The Balaban J connectivity index is 1.70. The molecular weight excluding hydrogens is 320 g/mol. The normalized spacial score (nSPS) is 10.5. The molecule has 0 fully saturated rings. The molecule has 0 atom stereocenters. The number of hydrogen-bond acceptors (Lipinski definition) is 5. The molecule has 0 aliphatic carbocycles. The first-order chi connectivity index (χ1) is 11.1. The zero-order valence-corrected chi connectivity index (χ0v) is 12.6. The van der Waals surface area contributed by atoms with Gasteiger partial charge < -0.3 is 13.9 Å². The Kier molecular flexibility index (Phi) is 4.30. The van der Waals surface area contributed by atoms with Crippen molar-refractivity contribution in [2.24, 2.45) is 0 Å². The summed E-state index contributed by atoms with van der Waals surface area (Å²) in [6.07, 6.45) is 1.15. The molecule has 3 aromatic rings. The molecule has 23 heavy (non-hydrogen) atoms. The molecule has 0 saturated heterocycles. The molecule has 0 spiro atoms. The van der Waals surface area contributed by atoms with Crippen LogP contribution in [0.5, 0.6) is 11.5 Å². The van der Waals surface area contributed by atoms with Crippen molar-refractivity contribution in [1.29, 1.82) is 0 Å². The molecule has 0 radical (unpaired) electrons. The second-order valence-electron chi connectivity index (χ2n) is 4.65. The first kappa shape index (κ1) is 15.1. The minimum Gasteiger partial charge on any atom is -0.482 e. The fraction of sp³-hybridized carbons (Fsp3) is 0.0588. The molecule has 0 saturated carbocycles. The first-order valence-corrected chi connectivity index (χ1v) is 7.11. The Morgan fingerprint density at radius 2 is 1.87 bits per heavy atom. The Morgan fingerprint density at radius 3 is 2.65 bits per heavy atom. The Hall–Kier alpha value is -2.79. The highest BCUT2D eigenvalue weighted by atomic mass is 35.5. The summed E-state index contributed by atoms with van der Waals surface area (Å²) in [7, 11) is 0. The maximum Gasteiger partial charge on any atom is 0.349 e. The maximum atomic E-state index is 11.8. The van der Waals surface area contributed by atoms with Gasteiger partial charge in [-0.05, 0) is 24.3 Å². The predicted molar refractivity (Wildman–Crippen MR) is 85.1 cm³/mol. The van der Waals surface area contributed by atoms with Gasteiger partial charge in [-0.2, -0.15) is 0 Å². The molecule has 0 N–H and O–H groups in total. The fourth-order valence-electron chi connectivity index (χ4n) is 1.97. The van der Waals surface area contributed by atoms with Crippen LogP contribution in [0.4, 0.5) is 0 Å². The van der Waals surface area contributed by atoms with E-state index in [2.05, 4.69) is 0 Å². The van der Waals surface area contributed by atoms with Gasteiger partial charge in [-0.25, -0.2) is 4.79 Å². The van der Waals surface area contributed by atoms with Gasteiger partial charge in [0, 0.05) is 6.07 Å². The van der Waals surface area contributed by atoms with Gasteiger partial charge in [-0.3, -0.25) is 4.79 Å². The molecule has 6 heteroatoms. The van der Waals surface area contributed by atoms with Crippen LogP contribution in [-0.4, -0.2) is 12.6 Å². The van der Waals surface area contributed by atoms with Crippen LogP contribution in [0, 0.1) is 0 Å². The van der Waals surface area contributed by atoms with Gasteiger partial charge in [-0.1, -0.05) is 29.8 Å². The summed E-state index contributed by atoms with van der Waals surface area (Å²) in [5, 5.41) is 0.316. The Labute approximate surface area is 136 Å². The predicted octanol–water partition coefficient (Wildman–Crippen LogP) is 3.43. The number of esters is 1. The molecule has 1 aromatic heterocycles. The number of hydrogen-bond donors (Lipinski definition) is 0. The van der Waals surface area contributed by atoms with Gasteiger partial charge in [0.15, 0.2) is 6.61 Å². The summed E-state index contributed by atoms with van der Waals surface area (Å²) in [6.45, 7) is -0.230. The zero-order valence-electron chi connectivity index (χ0n) is 11.8. The average Bonchev–Trinajstić information content (AvgIpc) is 2.57. The van der Waals surface area contributed by atoms with E-state index in [4.69, 9.17) is 25.5 Å². The smallest absolute Gasteiger partial charge is 0.349 e. The monoisotopic (exact) mass is 330 g/mol. The summed E-state index contributed by atoms with van der Waals surface area (Å²) in [5.74, 6) is 0.262. The highest BCUT2D eigenvalue weighted by Crippen LogP contribution is 2.20. The summed E-state index contributed by atoms with van der Waals surface area (Å²) in [6, 6.07) is 13.4. The largest absolute Gasteiger partial charge is 0.482 e. The van der Waals surface area contributed by atoms with E-state index in [1.54, 1.807) is 24.3 Å². The van der Waals surface area contributed by atoms with Crippen LogP contribution in [-0.2, 0) is 4.79 Å². The molecule has 3 rings (SSSR count). The van der Waals surface area contributed by atoms with Crippen LogP contribution >= 0.6 is 11.6 Å². The maximum absolute atomic E-state index is 11.8. The minimum atomic E-state index is -0.565. The van der Waals surface area contributed by atoms with E-state index >= 15 is 0 Å². The number of fused-ring (bicyclic) bond motifs is 1. The molecular formula is C17H11ClO5. The fourth-order valence-corrected chi connectivity index (χ4v) is 2.11.